The van der Waals surface area contributed by atoms with E-state index in [-0.39, 0.29) is 11.8 Å². The Morgan fingerprint density at radius 2 is 1.94 bits per heavy atom. The monoisotopic (exact) mass is 409 g/mol. The third kappa shape index (κ3) is 3.13. The topological polar surface area (TPSA) is 112 Å². The molecule has 0 unspecified atom stereocenters. The van der Waals surface area contributed by atoms with E-state index in [4.69, 9.17) is 0 Å². The Morgan fingerprint density at radius 1 is 1.03 bits per heavy atom. The number of nitrogens with zero attached hydrogens (tertiary/aromatic N) is 4. The maximum atomic E-state index is 12.3. The van der Waals surface area contributed by atoms with Gasteiger partial charge in [-0.25, -0.2) is 4.98 Å². The van der Waals surface area contributed by atoms with Crippen molar-refractivity contribution in [1.82, 2.24) is 30.1 Å². The average Bonchev–Trinajstić information content (AvgIpc) is 3.36. The third-order valence-corrected chi connectivity index (χ3v) is 5.91. The minimum Gasteiger partial charge on any atom is -0.352 e. The Kier molecular flexibility index (Phi) is 4.02. The van der Waals surface area contributed by atoms with Gasteiger partial charge in [-0.05, 0) is 37.1 Å². The van der Waals surface area contributed by atoms with Crippen LogP contribution in [0, 0.1) is 5.92 Å². The molecule has 5 aromatic rings. The number of hydrogen-bond acceptors (Lipinski definition) is 5. The molecule has 8 nitrogen and oxygen atoms in total. The molecule has 1 fully saturated rings. The van der Waals surface area contributed by atoms with Gasteiger partial charge in [0.15, 0.2) is 5.65 Å². The van der Waals surface area contributed by atoms with Gasteiger partial charge in [-0.2, -0.15) is 5.10 Å². The molecule has 152 valence electrons. The zero-order chi connectivity index (χ0) is 20.8. The number of aromatic amines is 2. The summed E-state index contributed by atoms with van der Waals surface area (Å²) in [6.07, 6.45) is 11.9. The molecule has 0 bridgehead atoms. The number of nitrogens with one attached hydrogen (secondary N) is 3. The quantitative estimate of drug-likeness (QED) is 0.410. The van der Waals surface area contributed by atoms with Crippen molar-refractivity contribution in [2.75, 3.05) is 5.32 Å². The largest absolute Gasteiger partial charge is 0.352 e. The Hall–Kier alpha value is -4.07. The molecule has 0 saturated heterocycles. The predicted octanol–water partition coefficient (Wildman–Crippen LogP) is 4.30. The summed E-state index contributed by atoms with van der Waals surface area (Å²) in [4.78, 5) is 28.7. The first-order valence-corrected chi connectivity index (χ1v) is 10.3. The molecule has 0 aromatic carbocycles. The van der Waals surface area contributed by atoms with Crippen LogP contribution in [0.15, 0.2) is 55.2 Å². The molecule has 0 atom stereocenters. The zero-order valence-corrected chi connectivity index (χ0v) is 16.6. The highest BCUT2D eigenvalue weighted by atomic mass is 16.1. The van der Waals surface area contributed by atoms with E-state index < -0.39 is 0 Å². The van der Waals surface area contributed by atoms with Gasteiger partial charge < -0.3 is 10.3 Å². The van der Waals surface area contributed by atoms with E-state index in [2.05, 4.69) is 41.5 Å². The van der Waals surface area contributed by atoms with Gasteiger partial charge in [-0.3, -0.25) is 19.9 Å². The number of pyridine rings is 3. The highest BCUT2D eigenvalue weighted by molar-refractivity contribution is 5.96. The maximum absolute atomic E-state index is 12.3. The summed E-state index contributed by atoms with van der Waals surface area (Å²) >= 11 is 0. The molecule has 0 radical (unpaired) electrons. The Balaban J connectivity index is 1.37. The average molecular weight is 409 g/mol. The van der Waals surface area contributed by atoms with Gasteiger partial charge in [0, 0.05) is 46.4 Å². The Morgan fingerprint density at radius 3 is 2.77 bits per heavy atom. The number of hydrogen-bond donors (Lipinski definition) is 3. The molecule has 6 rings (SSSR count). The van der Waals surface area contributed by atoms with Crippen molar-refractivity contribution in [3.8, 4) is 22.5 Å². The summed E-state index contributed by atoms with van der Waals surface area (Å²) in [5.74, 6) is 0.200. The maximum Gasteiger partial charge on any atom is 0.227 e. The minimum absolute atomic E-state index is 0.0733. The van der Waals surface area contributed by atoms with Gasteiger partial charge in [-0.1, -0.05) is 6.42 Å². The zero-order valence-electron chi connectivity index (χ0n) is 16.6. The fourth-order valence-corrected chi connectivity index (χ4v) is 3.95. The lowest BCUT2D eigenvalue weighted by atomic mass is 9.85. The first-order valence-electron chi connectivity index (χ1n) is 10.3. The number of aromatic nitrogens is 6. The molecule has 0 spiro atoms. The molecule has 0 aliphatic heterocycles. The van der Waals surface area contributed by atoms with E-state index in [1.54, 1.807) is 31.0 Å². The van der Waals surface area contributed by atoms with Gasteiger partial charge in [0.1, 0.15) is 5.69 Å². The van der Waals surface area contributed by atoms with Gasteiger partial charge in [0.2, 0.25) is 5.91 Å². The van der Waals surface area contributed by atoms with Gasteiger partial charge in [-0.15, -0.1) is 0 Å². The van der Waals surface area contributed by atoms with Crippen LogP contribution >= 0.6 is 0 Å². The second kappa shape index (κ2) is 7.02. The highest BCUT2D eigenvalue weighted by Gasteiger charge is 2.25. The summed E-state index contributed by atoms with van der Waals surface area (Å²) in [5, 5.41) is 12.4. The van der Waals surface area contributed by atoms with Gasteiger partial charge in [0.25, 0.3) is 0 Å². The van der Waals surface area contributed by atoms with Crippen molar-refractivity contribution >= 4 is 33.5 Å². The lowest BCUT2D eigenvalue weighted by Crippen LogP contribution is -2.28. The van der Waals surface area contributed by atoms with Gasteiger partial charge in [0.05, 0.1) is 29.3 Å². The molecular formula is C23H19N7O. The number of carbonyl (C=O) groups excluding carboxylic acids is 1. The third-order valence-electron chi connectivity index (χ3n) is 5.91. The number of amides is 1. The van der Waals surface area contributed by atoms with Crippen molar-refractivity contribution < 1.29 is 4.79 Å². The first kappa shape index (κ1) is 17.8. The number of carbonyl (C=O) groups is 1. The van der Waals surface area contributed by atoms with E-state index in [1.165, 1.54) is 0 Å². The molecule has 5 aromatic heterocycles. The van der Waals surface area contributed by atoms with E-state index in [1.807, 2.05) is 18.2 Å². The molecule has 5 heterocycles. The molecule has 8 heteroatoms. The fourth-order valence-electron chi connectivity index (χ4n) is 3.95. The minimum atomic E-state index is 0.0733. The van der Waals surface area contributed by atoms with Crippen LogP contribution in [0.3, 0.4) is 0 Å². The Bertz CT molecular complexity index is 1400. The molecule has 3 N–H and O–H groups in total. The van der Waals surface area contributed by atoms with Crippen LogP contribution in [0.5, 0.6) is 0 Å². The molecule has 1 aliphatic rings. The van der Waals surface area contributed by atoms with Crippen molar-refractivity contribution in [2.24, 2.45) is 5.92 Å². The van der Waals surface area contributed by atoms with Crippen LogP contribution in [0.1, 0.15) is 19.3 Å². The number of H-pyrrole nitrogens is 2. The van der Waals surface area contributed by atoms with Crippen molar-refractivity contribution in [3.63, 3.8) is 0 Å². The summed E-state index contributed by atoms with van der Waals surface area (Å²) in [6, 6.07) is 7.99. The second-order valence-corrected chi connectivity index (χ2v) is 7.92. The molecular weight excluding hydrogens is 390 g/mol. The van der Waals surface area contributed by atoms with Crippen LogP contribution in [-0.2, 0) is 4.79 Å². The summed E-state index contributed by atoms with van der Waals surface area (Å²) in [7, 11) is 0. The predicted molar refractivity (Wildman–Crippen MR) is 118 cm³/mol. The van der Waals surface area contributed by atoms with E-state index in [0.29, 0.717) is 11.3 Å². The molecule has 1 amide bonds. The van der Waals surface area contributed by atoms with E-state index in [9.17, 15) is 4.79 Å². The van der Waals surface area contributed by atoms with Crippen LogP contribution < -0.4 is 5.32 Å². The summed E-state index contributed by atoms with van der Waals surface area (Å²) in [5.41, 5.74) is 5.84. The van der Waals surface area contributed by atoms with Crippen molar-refractivity contribution in [1.29, 1.82) is 0 Å². The first-order chi connectivity index (χ1) is 15.2. The summed E-state index contributed by atoms with van der Waals surface area (Å²) < 4.78 is 0. The second-order valence-electron chi connectivity index (χ2n) is 7.92. The lowest BCUT2D eigenvalue weighted by Gasteiger charge is -2.24. The highest BCUT2D eigenvalue weighted by Crippen LogP contribution is 2.31. The van der Waals surface area contributed by atoms with Crippen molar-refractivity contribution in [2.45, 2.75) is 19.3 Å². The fraction of sp³-hybridized carbons (Fsp3) is 0.174. The Labute approximate surface area is 177 Å². The van der Waals surface area contributed by atoms with Crippen LogP contribution in [0.2, 0.25) is 0 Å². The SMILES string of the molecule is O=C(Nc1cncc(-c2cnc3[nH]nc(-c4cc5ccncc5[nH]4)c3c2)c1)C1CCC1. The van der Waals surface area contributed by atoms with Crippen LogP contribution in [0.25, 0.3) is 44.5 Å². The molecule has 1 saturated carbocycles. The van der Waals surface area contributed by atoms with Gasteiger partial charge >= 0.3 is 0 Å². The van der Waals surface area contributed by atoms with Crippen molar-refractivity contribution in [3.05, 3.63) is 55.2 Å². The van der Waals surface area contributed by atoms with Crippen LogP contribution in [0.4, 0.5) is 5.69 Å². The molecule has 31 heavy (non-hydrogen) atoms. The number of fused-ring (bicyclic) bond motifs is 2. The molecule has 1 aliphatic carbocycles. The van der Waals surface area contributed by atoms with E-state index in [0.717, 1.165) is 58.1 Å². The number of anilines is 1. The van der Waals surface area contributed by atoms with Crippen LogP contribution in [-0.4, -0.2) is 36.0 Å². The normalized spacial score (nSPS) is 14.1. The number of rotatable bonds is 4. The summed E-state index contributed by atoms with van der Waals surface area (Å²) in [6.45, 7) is 0. The standard InChI is InChI=1S/C23H19N7O/c31-23(13-2-1-3-13)27-17-6-15(9-25-11-17)16-7-18-21(29-30-22(18)26-10-16)19-8-14-4-5-24-12-20(14)28-19/h4-13,28H,1-3H2,(H,27,31)(H,26,29,30). The lowest BCUT2D eigenvalue weighted by molar-refractivity contribution is -0.122. The smallest absolute Gasteiger partial charge is 0.227 e. The van der Waals surface area contributed by atoms with E-state index >= 15 is 0 Å².